The molecule has 0 bridgehead atoms. The summed E-state index contributed by atoms with van der Waals surface area (Å²) in [5.74, 6) is 1.66. The summed E-state index contributed by atoms with van der Waals surface area (Å²) in [5.41, 5.74) is 1.42. The van der Waals surface area contributed by atoms with Gasteiger partial charge >= 0.3 is 0 Å². The van der Waals surface area contributed by atoms with Crippen molar-refractivity contribution in [2.24, 2.45) is 0 Å². The minimum Gasteiger partial charge on any atom is -0.338 e. The summed E-state index contributed by atoms with van der Waals surface area (Å²) in [5, 5.41) is 4.17. The maximum absolute atomic E-state index is 5.54. The predicted octanol–water partition coefficient (Wildman–Crippen LogP) is 4.04. The Morgan fingerprint density at radius 3 is 2.41 bits per heavy atom. The van der Waals surface area contributed by atoms with Gasteiger partial charge in [0.15, 0.2) is 5.82 Å². The van der Waals surface area contributed by atoms with Gasteiger partial charge in [-0.2, -0.15) is 4.98 Å². The van der Waals surface area contributed by atoms with Gasteiger partial charge in [0.1, 0.15) is 0 Å². The van der Waals surface area contributed by atoms with E-state index in [0.29, 0.717) is 12.1 Å². The summed E-state index contributed by atoms with van der Waals surface area (Å²) in [4.78, 5) is 9.91. The molecule has 5 nitrogen and oxygen atoms in total. The number of aryl methyl sites for hydroxylation is 1. The second-order valence-electron chi connectivity index (χ2n) is 8.05. The maximum Gasteiger partial charge on any atom is 0.240 e. The van der Waals surface area contributed by atoms with Crippen molar-refractivity contribution < 1.29 is 4.52 Å². The molecule has 3 heterocycles. The van der Waals surface area contributed by atoms with E-state index in [1.807, 2.05) is 0 Å². The highest BCUT2D eigenvalue weighted by atomic mass is 16.5. The van der Waals surface area contributed by atoms with Crippen molar-refractivity contribution in [3.05, 3.63) is 47.6 Å². The molecule has 0 amide bonds. The first-order valence-corrected chi connectivity index (χ1v) is 10.7. The molecule has 0 aliphatic carbocycles. The van der Waals surface area contributed by atoms with E-state index in [-0.39, 0.29) is 0 Å². The number of likely N-dealkylation sites (tertiary alicyclic amines) is 2. The maximum atomic E-state index is 5.54. The molecule has 27 heavy (non-hydrogen) atoms. The van der Waals surface area contributed by atoms with Crippen LogP contribution in [0.4, 0.5) is 0 Å². The second-order valence-corrected chi connectivity index (χ2v) is 8.05. The normalized spacial score (nSPS) is 24.0. The number of benzene rings is 1. The number of hydrogen-bond donors (Lipinski definition) is 0. The number of nitrogens with zero attached hydrogens (tertiary/aromatic N) is 4. The summed E-state index contributed by atoms with van der Waals surface area (Å²) in [6.45, 7) is 6.42. The van der Waals surface area contributed by atoms with Crippen LogP contribution in [0.5, 0.6) is 0 Å². The topological polar surface area (TPSA) is 45.4 Å². The number of rotatable bonds is 8. The van der Waals surface area contributed by atoms with E-state index < -0.39 is 0 Å². The van der Waals surface area contributed by atoms with Gasteiger partial charge in [0, 0.05) is 25.0 Å². The van der Waals surface area contributed by atoms with Crippen LogP contribution in [-0.4, -0.2) is 45.1 Å². The highest BCUT2D eigenvalue weighted by molar-refractivity contribution is 5.15. The Hall–Kier alpha value is -1.72. The molecular formula is C22H32N4O. The molecule has 0 saturated carbocycles. The first-order valence-electron chi connectivity index (χ1n) is 10.7. The Bertz CT molecular complexity index is 701. The highest BCUT2D eigenvalue weighted by Crippen LogP contribution is 2.31. The third kappa shape index (κ3) is 4.58. The van der Waals surface area contributed by atoms with Crippen molar-refractivity contribution in [1.29, 1.82) is 0 Å². The van der Waals surface area contributed by atoms with Gasteiger partial charge in [0.2, 0.25) is 5.89 Å². The SMILES string of the molecule is CCCCc1noc(CN2CCC[C@H]2[C@H]2CCCN2Cc2ccccc2)n1. The lowest BCUT2D eigenvalue weighted by Gasteiger charge is -2.34. The third-order valence-corrected chi connectivity index (χ3v) is 6.10. The Kier molecular flexibility index (Phi) is 6.20. The molecule has 1 aromatic heterocycles. The Morgan fingerprint density at radius 1 is 1.00 bits per heavy atom. The lowest BCUT2D eigenvalue weighted by atomic mass is 10.0. The average Bonchev–Trinajstić information content (AvgIpc) is 3.42. The predicted molar refractivity (Wildman–Crippen MR) is 106 cm³/mol. The van der Waals surface area contributed by atoms with Crippen molar-refractivity contribution in [1.82, 2.24) is 19.9 Å². The second kappa shape index (κ2) is 8.98. The first-order chi connectivity index (χ1) is 13.3. The monoisotopic (exact) mass is 368 g/mol. The van der Waals surface area contributed by atoms with E-state index in [2.05, 4.69) is 57.2 Å². The van der Waals surface area contributed by atoms with E-state index in [0.717, 1.165) is 50.6 Å². The van der Waals surface area contributed by atoms with Crippen LogP contribution in [0.3, 0.4) is 0 Å². The first kappa shape index (κ1) is 18.6. The average molecular weight is 369 g/mol. The standard InChI is InChI=1S/C22H32N4O/c1-2-3-13-21-23-22(27-24-21)17-26-15-8-12-20(26)19-11-7-14-25(19)16-18-9-5-4-6-10-18/h4-6,9-10,19-20H,2-3,7-8,11-17H2,1H3/t19-,20+/m1/s1. The van der Waals surface area contributed by atoms with E-state index in [1.54, 1.807) is 0 Å². The zero-order valence-corrected chi connectivity index (χ0v) is 16.5. The minimum absolute atomic E-state index is 0.613. The van der Waals surface area contributed by atoms with Gasteiger partial charge in [-0.25, -0.2) is 0 Å². The molecule has 2 aromatic rings. The molecule has 2 fully saturated rings. The Balaban J connectivity index is 1.39. The van der Waals surface area contributed by atoms with E-state index in [9.17, 15) is 0 Å². The zero-order valence-electron chi connectivity index (χ0n) is 16.5. The molecule has 2 aliphatic heterocycles. The van der Waals surface area contributed by atoms with Crippen LogP contribution in [0, 0.1) is 0 Å². The van der Waals surface area contributed by atoms with Crippen LogP contribution in [0.15, 0.2) is 34.9 Å². The summed E-state index contributed by atoms with van der Waals surface area (Å²) in [6.07, 6.45) is 8.39. The van der Waals surface area contributed by atoms with E-state index in [1.165, 1.54) is 37.8 Å². The van der Waals surface area contributed by atoms with E-state index in [4.69, 9.17) is 4.52 Å². The molecule has 2 atom stereocenters. The summed E-state index contributed by atoms with van der Waals surface area (Å²) in [6, 6.07) is 12.2. The fraction of sp³-hybridized carbons (Fsp3) is 0.636. The summed E-state index contributed by atoms with van der Waals surface area (Å²) < 4.78 is 5.54. The Labute approximate surface area is 162 Å². The molecule has 0 unspecified atom stereocenters. The minimum atomic E-state index is 0.613. The smallest absolute Gasteiger partial charge is 0.240 e. The number of hydrogen-bond acceptors (Lipinski definition) is 5. The van der Waals surface area contributed by atoms with Gasteiger partial charge in [-0.3, -0.25) is 9.80 Å². The number of unbranched alkanes of at least 4 members (excludes halogenated alkanes) is 1. The fourth-order valence-electron chi connectivity index (χ4n) is 4.75. The molecule has 0 radical (unpaired) electrons. The van der Waals surface area contributed by atoms with Crippen molar-refractivity contribution in [2.75, 3.05) is 13.1 Å². The quantitative estimate of drug-likeness (QED) is 0.704. The van der Waals surface area contributed by atoms with Crippen molar-refractivity contribution in [3.8, 4) is 0 Å². The Morgan fingerprint density at radius 2 is 1.70 bits per heavy atom. The van der Waals surface area contributed by atoms with Gasteiger partial charge in [-0.05, 0) is 50.8 Å². The van der Waals surface area contributed by atoms with Crippen molar-refractivity contribution in [3.63, 3.8) is 0 Å². The van der Waals surface area contributed by atoms with Crippen LogP contribution in [-0.2, 0) is 19.5 Å². The van der Waals surface area contributed by atoms with Gasteiger partial charge < -0.3 is 4.52 Å². The molecular weight excluding hydrogens is 336 g/mol. The van der Waals surface area contributed by atoms with Gasteiger partial charge in [0.05, 0.1) is 6.54 Å². The van der Waals surface area contributed by atoms with Crippen LogP contribution < -0.4 is 0 Å². The largest absolute Gasteiger partial charge is 0.338 e. The van der Waals surface area contributed by atoms with Gasteiger partial charge in [-0.15, -0.1) is 0 Å². The van der Waals surface area contributed by atoms with Crippen LogP contribution in [0.2, 0.25) is 0 Å². The zero-order chi connectivity index (χ0) is 18.5. The fourth-order valence-corrected chi connectivity index (χ4v) is 4.75. The molecule has 1 aromatic carbocycles. The van der Waals surface area contributed by atoms with Crippen LogP contribution >= 0.6 is 0 Å². The third-order valence-electron chi connectivity index (χ3n) is 6.10. The van der Waals surface area contributed by atoms with Gasteiger partial charge in [-0.1, -0.05) is 48.8 Å². The molecule has 2 aliphatic rings. The van der Waals surface area contributed by atoms with Gasteiger partial charge in [0.25, 0.3) is 0 Å². The van der Waals surface area contributed by atoms with Crippen molar-refractivity contribution in [2.45, 2.75) is 77.0 Å². The van der Waals surface area contributed by atoms with Crippen LogP contribution in [0.1, 0.15) is 62.7 Å². The summed E-state index contributed by atoms with van der Waals surface area (Å²) in [7, 11) is 0. The lowest BCUT2D eigenvalue weighted by molar-refractivity contribution is 0.115. The molecule has 5 heteroatoms. The molecule has 2 saturated heterocycles. The number of aromatic nitrogens is 2. The summed E-state index contributed by atoms with van der Waals surface area (Å²) >= 11 is 0. The van der Waals surface area contributed by atoms with Crippen molar-refractivity contribution >= 4 is 0 Å². The molecule has 0 N–H and O–H groups in total. The van der Waals surface area contributed by atoms with E-state index >= 15 is 0 Å². The molecule has 146 valence electrons. The van der Waals surface area contributed by atoms with Crippen LogP contribution in [0.25, 0.3) is 0 Å². The molecule has 0 spiro atoms. The highest BCUT2D eigenvalue weighted by Gasteiger charge is 2.38. The molecule has 4 rings (SSSR count). The lowest BCUT2D eigenvalue weighted by Crippen LogP contribution is -2.45.